The van der Waals surface area contributed by atoms with Crippen LogP contribution in [-0.2, 0) is 11.2 Å². The minimum atomic E-state index is -0.447. The fourth-order valence-electron chi connectivity index (χ4n) is 2.30. The molecule has 0 spiro atoms. The number of primary amides is 1. The van der Waals surface area contributed by atoms with E-state index in [1.165, 1.54) is 18.5 Å². The van der Waals surface area contributed by atoms with E-state index >= 15 is 0 Å². The number of aromatic nitrogens is 4. The predicted molar refractivity (Wildman–Crippen MR) is 83.0 cm³/mol. The number of nitrogens with one attached hydrogen (secondary N) is 2. The number of rotatable bonds is 6. The molecule has 7 nitrogen and oxygen atoms in total. The van der Waals surface area contributed by atoms with E-state index in [1.807, 2.05) is 0 Å². The fraction of sp³-hybridized carbons (Fsp3) is 0.200. The fourth-order valence-corrected chi connectivity index (χ4v) is 2.30. The van der Waals surface area contributed by atoms with Gasteiger partial charge in [0.25, 0.3) is 0 Å². The Bertz CT molecular complexity index is 816. The molecule has 3 rings (SSSR count). The number of hydrogen-bond acceptors (Lipinski definition) is 5. The Morgan fingerprint density at radius 3 is 2.83 bits per heavy atom. The molecule has 23 heavy (non-hydrogen) atoms. The van der Waals surface area contributed by atoms with Crippen molar-refractivity contribution in [3.8, 4) is 0 Å². The summed E-state index contributed by atoms with van der Waals surface area (Å²) < 4.78 is 12.9. The molecule has 1 atom stereocenters. The smallest absolute Gasteiger partial charge is 0.222 e. The first-order chi connectivity index (χ1) is 11.1. The second-order valence-electron chi connectivity index (χ2n) is 5.17. The van der Waals surface area contributed by atoms with Crippen LogP contribution in [0, 0.1) is 11.7 Å². The lowest BCUT2D eigenvalue weighted by atomic mass is 9.98. The Balaban J connectivity index is 1.71. The Kier molecular flexibility index (Phi) is 4.13. The number of halogens is 1. The average Bonchev–Trinajstić information content (AvgIpc) is 3.02. The van der Waals surface area contributed by atoms with Crippen molar-refractivity contribution in [2.24, 2.45) is 11.7 Å². The molecule has 1 amide bonds. The van der Waals surface area contributed by atoms with Gasteiger partial charge >= 0.3 is 0 Å². The second-order valence-corrected chi connectivity index (χ2v) is 5.17. The van der Waals surface area contributed by atoms with E-state index in [9.17, 15) is 9.18 Å². The second kappa shape index (κ2) is 6.39. The van der Waals surface area contributed by atoms with Gasteiger partial charge in [-0.2, -0.15) is 5.10 Å². The quantitative estimate of drug-likeness (QED) is 0.634. The van der Waals surface area contributed by atoms with E-state index in [2.05, 4.69) is 25.5 Å². The monoisotopic (exact) mass is 314 g/mol. The van der Waals surface area contributed by atoms with Crippen molar-refractivity contribution in [1.29, 1.82) is 0 Å². The zero-order valence-corrected chi connectivity index (χ0v) is 12.2. The van der Waals surface area contributed by atoms with E-state index < -0.39 is 11.8 Å². The van der Waals surface area contributed by atoms with Crippen LogP contribution >= 0.6 is 0 Å². The number of amides is 1. The molecule has 4 N–H and O–H groups in total. The van der Waals surface area contributed by atoms with Crippen molar-refractivity contribution in [2.45, 2.75) is 6.42 Å². The molecule has 2 aromatic heterocycles. The maximum atomic E-state index is 12.9. The van der Waals surface area contributed by atoms with Crippen LogP contribution in [0.25, 0.3) is 11.0 Å². The van der Waals surface area contributed by atoms with Gasteiger partial charge in [0.1, 0.15) is 18.0 Å². The van der Waals surface area contributed by atoms with Gasteiger partial charge in [-0.05, 0) is 24.1 Å². The van der Waals surface area contributed by atoms with Crippen LogP contribution < -0.4 is 11.1 Å². The highest BCUT2D eigenvalue weighted by Crippen LogP contribution is 2.17. The molecule has 0 unspecified atom stereocenters. The highest BCUT2D eigenvalue weighted by molar-refractivity contribution is 5.86. The summed E-state index contributed by atoms with van der Waals surface area (Å²) in [7, 11) is 0. The SMILES string of the molecule is NC(=O)[C@@H](CNc1ncnc2[nH]ncc12)Cc1ccc(F)cc1. The predicted octanol–water partition coefficient (Wildman–Crippen LogP) is 1.25. The van der Waals surface area contributed by atoms with E-state index in [0.717, 1.165) is 10.9 Å². The van der Waals surface area contributed by atoms with Crippen LogP contribution in [0.4, 0.5) is 10.2 Å². The van der Waals surface area contributed by atoms with Gasteiger partial charge in [-0.25, -0.2) is 14.4 Å². The lowest BCUT2D eigenvalue weighted by molar-refractivity contribution is -0.121. The summed E-state index contributed by atoms with van der Waals surface area (Å²) in [5.74, 6) is -0.614. The Hall–Kier alpha value is -3.03. The van der Waals surface area contributed by atoms with E-state index in [1.54, 1.807) is 18.3 Å². The highest BCUT2D eigenvalue weighted by atomic mass is 19.1. The molecule has 0 radical (unpaired) electrons. The number of fused-ring (bicyclic) bond motifs is 1. The summed E-state index contributed by atoms with van der Waals surface area (Å²) >= 11 is 0. The molecule has 0 aliphatic rings. The van der Waals surface area contributed by atoms with Gasteiger partial charge in [0.2, 0.25) is 5.91 Å². The standard InChI is InChI=1S/C15H15FN6O/c16-11-3-1-9(2-4-11)5-10(13(17)23)6-18-14-12-7-21-22-15(12)20-8-19-14/h1-4,7-8,10H,5-6H2,(H2,17,23)(H2,18,19,20,21,22)/t10-/m1/s1. The van der Waals surface area contributed by atoms with Crippen molar-refractivity contribution in [2.75, 3.05) is 11.9 Å². The van der Waals surface area contributed by atoms with Gasteiger partial charge in [-0.15, -0.1) is 0 Å². The summed E-state index contributed by atoms with van der Waals surface area (Å²) in [5, 5.41) is 10.5. The lowest BCUT2D eigenvalue weighted by Crippen LogP contribution is -2.31. The molecule has 0 bridgehead atoms. The minimum Gasteiger partial charge on any atom is -0.369 e. The van der Waals surface area contributed by atoms with Gasteiger partial charge in [-0.3, -0.25) is 9.89 Å². The number of carbonyl (C=O) groups excluding carboxylic acids is 1. The zero-order valence-electron chi connectivity index (χ0n) is 12.2. The van der Waals surface area contributed by atoms with Crippen LogP contribution in [0.3, 0.4) is 0 Å². The Morgan fingerprint density at radius 1 is 1.30 bits per heavy atom. The third-order valence-corrected chi connectivity index (χ3v) is 3.56. The number of hydrogen-bond donors (Lipinski definition) is 3. The normalized spacial score (nSPS) is 12.2. The molecule has 0 aliphatic carbocycles. The summed E-state index contributed by atoms with van der Waals surface area (Å²) in [6.45, 7) is 0.310. The molecular weight excluding hydrogens is 299 g/mol. The Morgan fingerprint density at radius 2 is 2.09 bits per heavy atom. The topological polar surface area (TPSA) is 110 Å². The molecule has 3 aromatic rings. The van der Waals surface area contributed by atoms with Crippen LogP contribution in [0.1, 0.15) is 5.56 Å². The van der Waals surface area contributed by atoms with Crippen molar-refractivity contribution in [3.05, 3.63) is 48.2 Å². The van der Waals surface area contributed by atoms with Gasteiger partial charge in [0.15, 0.2) is 5.65 Å². The number of benzene rings is 1. The number of nitrogens with zero attached hydrogens (tertiary/aromatic N) is 3. The number of aromatic amines is 1. The van der Waals surface area contributed by atoms with Gasteiger partial charge in [-0.1, -0.05) is 12.1 Å². The van der Waals surface area contributed by atoms with Crippen LogP contribution in [-0.4, -0.2) is 32.6 Å². The summed E-state index contributed by atoms with van der Waals surface area (Å²) in [6, 6.07) is 6.01. The van der Waals surface area contributed by atoms with Gasteiger partial charge < -0.3 is 11.1 Å². The maximum absolute atomic E-state index is 12.9. The van der Waals surface area contributed by atoms with Crippen molar-refractivity contribution in [3.63, 3.8) is 0 Å². The third-order valence-electron chi connectivity index (χ3n) is 3.56. The molecule has 118 valence electrons. The number of carbonyl (C=O) groups is 1. The van der Waals surface area contributed by atoms with E-state index in [0.29, 0.717) is 24.4 Å². The zero-order chi connectivity index (χ0) is 16.2. The van der Waals surface area contributed by atoms with Crippen LogP contribution in [0.15, 0.2) is 36.8 Å². The number of anilines is 1. The average molecular weight is 314 g/mol. The molecular formula is C15H15FN6O. The molecule has 0 saturated heterocycles. The molecule has 2 heterocycles. The number of nitrogens with two attached hydrogens (primary N) is 1. The van der Waals surface area contributed by atoms with Crippen LogP contribution in [0.2, 0.25) is 0 Å². The van der Waals surface area contributed by atoms with E-state index in [-0.39, 0.29) is 5.82 Å². The highest BCUT2D eigenvalue weighted by Gasteiger charge is 2.17. The van der Waals surface area contributed by atoms with Gasteiger partial charge in [0, 0.05) is 6.54 Å². The summed E-state index contributed by atoms with van der Waals surface area (Å²) in [6.07, 6.45) is 3.43. The molecule has 0 fully saturated rings. The number of H-pyrrole nitrogens is 1. The summed E-state index contributed by atoms with van der Waals surface area (Å²) in [5.41, 5.74) is 6.92. The van der Waals surface area contributed by atoms with Crippen LogP contribution in [0.5, 0.6) is 0 Å². The summed E-state index contributed by atoms with van der Waals surface area (Å²) in [4.78, 5) is 19.9. The molecule has 8 heteroatoms. The minimum absolute atomic E-state index is 0.310. The van der Waals surface area contributed by atoms with Gasteiger partial charge in [0.05, 0.1) is 17.5 Å². The van der Waals surface area contributed by atoms with Crippen molar-refractivity contribution < 1.29 is 9.18 Å². The molecule has 1 aromatic carbocycles. The Labute approximate surface area is 131 Å². The van der Waals surface area contributed by atoms with Crippen molar-refractivity contribution >= 4 is 22.8 Å². The third kappa shape index (κ3) is 3.42. The first-order valence-corrected chi connectivity index (χ1v) is 7.05. The maximum Gasteiger partial charge on any atom is 0.222 e. The molecule has 0 aliphatic heterocycles. The van der Waals surface area contributed by atoms with E-state index in [4.69, 9.17) is 5.73 Å². The van der Waals surface area contributed by atoms with Crippen molar-refractivity contribution in [1.82, 2.24) is 20.2 Å². The first-order valence-electron chi connectivity index (χ1n) is 7.05. The lowest BCUT2D eigenvalue weighted by Gasteiger charge is -2.15. The first kappa shape index (κ1) is 14.9. The largest absolute Gasteiger partial charge is 0.369 e. The molecule has 0 saturated carbocycles.